The van der Waals surface area contributed by atoms with Crippen molar-refractivity contribution in [2.75, 3.05) is 25.0 Å². The third-order valence-corrected chi connectivity index (χ3v) is 14.0. The molecule has 0 radical (unpaired) electrons. The van der Waals surface area contributed by atoms with Gasteiger partial charge in [0.25, 0.3) is 0 Å². The highest BCUT2D eigenvalue weighted by Crippen LogP contribution is 2.42. The van der Waals surface area contributed by atoms with Crippen molar-refractivity contribution in [3.63, 3.8) is 0 Å². The first kappa shape index (κ1) is 31.4. The van der Waals surface area contributed by atoms with Crippen LogP contribution in [-0.2, 0) is 8.85 Å². The Hall–Kier alpha value is 2.22. The lowest BCUT2D eigenvalue weighted by Crippen LogP contribution is -2.56. The topological polar surface area (TPSA) is 36.9 Å². The van der Waals surface area contributed by atoms with Gasteiger partial charge >= 0.3 is 9.05 Å². The van der Waals surface area contributed by atoms with Crippen LogP contribution in [0.1, 0.15) is 0 Å². The standard InChI is InChI=1S/C18H14Br6Cl4O4Si/c19-11-1-3-13(17(23)15(11)21)31-33(29-7-9(27)5-25,30-8-10(28)6-26)32-14-4-2-12(20)16(22)18(14)24/h1-4,9-10H,5-8H2. The third kappa shape index (κ3) is 9.17. The van der Waals surface area contributed by atoms with Gasteiger partial charge in [-0.1, -0.05) is 0 Å². The van der Waals surface area contributed by atoms with Gasteiger partial charge in [-0.3, -0.25) is 0 Å². The van der Waals surface area contributed by atoms with Gasteiger partial charge in [0, 0.05) is 29.7 Å². The van der Waals surface area contributed by atoms with E-state index in [9.17, 15) is 0 Å². The van der Waals surface area contributed by atoms with E-state index in [1.165, 1.54) is 0 Å². The minimum absolute atomic E-state index is 0.00966. The lowest BCUT2D eigenvalue weighted by molar-refractivity contribution is 0.0422. The van der Waals surface area contributed by atoms with Crippen molar-refractivity contribution in [1.29, 1.82) is 0 Å². The largest absolute Gasteiger partial charge is 0.821 e. The van der Waals surface area contributed by atoms with Crippen LogP contribution in [0.5, 0.6) is 11.5 Å². The molecule has 2 rings (SSSR count). The summed E-state index contributed by atoms with van der Waals surface area (Å²) < 4.78 is 29.2. The monoisotopic (exact) mass is 935 g/mol. The number of benzene rings is 2. The molecular formula is C18H14Br6Cl4O4Si. The molecule has 0 bridgehead atoms. The van der Waals surface area contributed by atoms with Crippen LogP contribution in [0.2, 0.25) is 0 Å². The maximum Gasteiger partial charge on any atom is 0.821 e. The highest BCUT2D eigenvalue weighted by atomic mass is 79.9. The quantitative estimate of drug-likeness (QED) is 0.121. The summed E-state index contributed by atoms with van der Waals surface area (Å²) in [4.78, 5) is 0. The molecule has 0 aliphatic carbocycles. The molecule has 184 valence electrons. The molecular weight excluding hydrogens is 930 g/mol. The van der Waals surface area contributed by atoms with E-state index in [4.69, 9.17) is 64.1 Å². The number of hydrogen-bond acceptors (Lipinski definition) is 4. The maximum absolute atomic E-state index is 6.31. The average molecular weight is 944 g/mol. The maximum atomic E-state index is 6.31. The summed E-state index contributed by atoms with van der Waals surface area (Å²) >= 11 is 45.2. The predicted molar refractivity (Wildman–Crippen MR) is 159 cm³/mol. The van der Waals surface area contributed by atoms with E-state index < -0.39 is 19.8 Å². The normalized spacial score (nSPS) is 13.6. The molecule has 0 aliphatic rings. The fraction of sp³-hybridized carbons (Fsp3) is 0.333. The van der Waals surface area contributed by atoms with Crippen molar-refractivity contribution in [2.45, 2.75) is 10.8 Å². The van der Waals surface area contributed by atoms with E-state index in [2.05, 4.69) is 95.6 Å². The first-order valence-corrected chi connectivity index (χ1v) is 17.2. The van der Waals surface area contributed by atoms with Gasteiger partial charge in [0.2, 0.25) is 0 Å². The van der Waals surface area contributed by atoms with Gasteiger partial charge in [0.1, 0.15) is 11.5 Å². The first-order chi connectivity index (χ1) is 15.5. The van der Waals surface area contributed by atoms with Gasteiger partial charge < -0.3 is 17.7 Å². The van der Waals surface area contributed by atoms with Gasteiger partial charge in [-0.15, -0.1) is 46.4 Å². The Kier molecular flexibility index (Phi) is 14.3. The Morgan fingerprint density at radius 2 is 1.00 bits per heavy atom. The van der Waals surface area contributed by atoms with Crippen LogP contribution in [0.4, 0.5) is 0 Å². The molecule has 33 heavy (non-hydrogen) atoms. The van der Waals surface area contributed by atoms with E-state index in [0.29, 0.717) is 20.4 Å². The molecule has 2 atom stereocenters. The summed E-state index contributed by atoms with van der Waals surface area (Å²) in [6, 6.07) is 7.09. The number of hydrogen-bond donors (Lipinski definition) is 0. The van der Waals surface area contributed by atoms with Crippen LogP contribution < -0.4 is 8.85 Å². The van der Waals surface area contributed by atoms with Crippen LogP contribution in [-0.4, -0.2) is 44.8 Å². The number of alkyl halides is 4. The average Bonchev–Trinajstić information content (AvgIpc) is 2.81. The van der Waals surface area contributed by atoms with Gasteiger partial charge in [-0.05, 0) is 120 Å². The summed E-state index contributed by atoms with van der Waals surface area (Å²) in [5.74, 6) is 1.15. The van der Waals surface area contributed by atoms with Crippen LogP contribution >= 0.6 is 142 Å². The SMILES string of the molecule is ClCC(Cl)CO[Si](OCC(Cl)CCl)(Oc1ccc(Br)c(Br)c1Br)Oc1ccc(Br)c(Br)c1Br. The van der Waals surface area contributed by atoms with Crippen molar-refractivity contribution in [3.05, 3.63) is 51.1 Å². The fourth-order valence-corrected chi connectivity index (χ4v) is 7.66. The highest BCUT2D eigenvalue weighted by molar-refractivity contribution is 9.15. The summed E-state index contributed by atoms with van der Waals surface area (Å²) in [6.45, 7) is 0.0193. The molecule has 0 N–H and O–H groups in total. The zero-order valence-electron chi connectivity index (χ0n) is 16.2. The second kappa shape index (κ2) is 15.0. The van der Waals surface area contributed by atoms with Gasteiger partial charge in [0.05, 0.1) is 32.9 Å². The second-order valence-corrected chi connectivity index (χ2v) is 14.9. The zero-order chi connectivity index (χ0) is 24.8. The van der Waals surface area contributed by atoms with E-state index in [-0.39, 0.29) is 25.0 Å². The molecule has 0 heterocycles. The van der Waals surface area contributed by atoms with Crippen molar-refractivity contribution in [1.82, 2.24) is 0 Å². The molecule has 0 aromatic heterocycles. The second-order valence-electron chi connectivity index (χ2n) is 6.18. The summed E-state index contributed by atoms with van der Waals surface area (Å²) in [5.41, 5.74) is 0. The van der Waals surface area contributed by atoms with E-state index in [0.717, 1.165) is 17.9 Å². The van der Waals surface area contributed by atoms with Crippen LogP contribution in [0, 0.1) is 0 Å². The van der Waals surface area contributed by atoms with Crippen molar-refractivity contribution >= 4 is 151 Å². The smallest absolute Gasteiger partial charge is 0.470 e. The number of rotatable bonds is 12. The lowest BCUT2D eigenvalue weighted by atomic mass is 10.3. The van der Waals surface area contributed by atoms with Gasteiger partial charge in [-0.2, -0.15) is 0 Å². The van der Waals surface area contributed by atoms with E-state index in [1.807, 2.05) is 12.1 Å². The molecule has 0 saturated carbocycles. The van der Waals surface area contributed by atoms with Crippen LogP contribution in [0.15, 0.2) is 51.1 Å². The Morgan fingerprint density at radius 3 is 1.33 bits per heavy atom. The summed E-state index contributed by atoms with van der Waals surface area (Å²) in [5, 5.41) is -1.01. The highest BCUT2D eigenvalue weighted by Gasteiger charge is 2.53. The van der Waals surface area contributed by atoms with Crippen molar-refractivity contribution < 1.29 is 17.7 Å². The fourth-order valence-electron chi connectivity index (χ4n) is 2.10. The Morgan fingerprint density at radius 1 is 0.636 bits per heavy atom. The number of halogens is 10. The molecule has 2 aromatic rings. The van der Waals surface area contributed by atoms with Crippen LogP contribution in [0.25, 0.3) is 0 Å². The molecule has 0 spiro atoms. The van der Waals surface area contributed by atoms with Gasteiger partial charge in [0.15, 0.2) is 0 Å². The Labute approximate surface area is 263 Å². The van der Waals surface area contributed by atoms with E-state index >= 15 is 0 Å². The molecule has 2 aromatic carbocycles. The predicted octanol–water partition coefficient (Wildman–Crippen LogP) is 9.88. The summed E-state index contributed by atoms with van der Waals surface area (Å²) in [6.07, 6.45) is 0. The minimum atomic E-state index is -4.00. The first-order valence-electron chi connectivity index (χ1n) is 8.86. The summed E-state index contributed by atoms with van der Waals surface area (Å²) in [7, 11) is -4.00. The molecule has 0 amide bonds. The minimum Gasteiger partial charge on any atom is -0.470 e. The van der Waals surface area contributed by atoms with E-state index in [1.54, 1.807) is 12.1 Å². The van der Waals surface area contributed by atoms with Crippen molar-refractivity contribution in [2.24, 2.45) is 0 Å². The molecule has 15 heteroatoms. The third-order valence-electron chi connectivity index (χ3n) is 3.69. The van der Waals surface area contributed by atoms with Crippen molar-refractivity contribution in [3.8, 4) is 11.5 Å². The van der Waals surface area contributed by atoms with Crippen LogP contribution in [0.3, 0.4) is 0 Å². The molecule has 2 unspecified atom stereocenters. The Balaban J connectivity index is 2.55. The van der Waals surface area contributed by atoms with Gasteiger partial charge in [-0.25, -0.2) is 0 Å². The zero-order valence-corrected chi connectivity index (χ0v) is 29.7. The molecule has 0 aliphatic heterocycles. The Bertz CT molecular complexity index is 885. The molecule has 0 fully saturated rings. The molecule has 0 saturated heterocycles. The molecule has 4 nitrogen and oxygen atoms in total. The lowest BCUT2D eigenvalue weighted by Gasteiger charge is -2.30.